The average molecular weight is 299 g/mol. The van der Waals surface area contributed by atoms with Gasteiger partial charge in [0.15, 0.2) is 6.29 Å². The number of pyridine rings is 1. The minimum Gasteiger partial charge on any atom is -0.497 e. The summed E-state index contributed by atoms with van der Waals surface area (Å²) in [5.41, 5.74) is 1.45. The van der Waals surface area contributed by atoms with E-state index in [2.05, 4.69) is 0 Å². The van der Waals surface area contributed by atoms with Crippen LogP contribution in [0.15, 0.2) is 35.1 Å². The number of carbonyl (C=O) groups is 1. The number of carbonyl (C=O) groups excluding carboxylic acids is 1. The molecule has 22 heavy (non-hydrogen) atoms. The smallest absolute Gasteiger partial charge is 0.261 e. The zero-order valence-electron chi connectivity index (χ0n) is 12.5. The van der Waals surface area contributed by atoms with Crippen LogP contribution in [-0.2, 0) is 0 Å². The van der Waals surface area contributed by atoms with Crippen molar-refractivity contribution in [3.63, 3.8) is 0 Å². The van der Waals surface area contributed by atoms with Crippen LogP contribution in [0, 0.1) is 0 Å². The first-order valence-corrected chi connectivity index (χ1v) is 7.12. The Morgan fingerprint density at radius 2 is 1.91 bits per heavy atom. The number of benzene rings is 1. The molecule has 5 nitrogen and oxygen atoms in total. The van der Waals surface area contributed by atoms with Gasteiger partial charge in [0.25, 0.3) is 5.56 Å². The summed E-state index contributed by atoms with van der Waals surface area (Å²) >= 11 is 0. The van der Waals surface area contributed by atoms with Gasteiger partial charge in [-0.3, -0.25) is 9.59 Å². The van der Waals surface area contributed by atoms with Crippen molar-refractivity contribution in [2.24, 2.45) is 0 Å². The summed E-state index contributed by atoms with van der Waals surface area (Å²) in [6, 6.07) is 8.96. The number of ether oxygens (including phenoxy) is 2. The zero-order chi connectivity index (χ0) is 15.7. The first-order chi connectivity index (χ1) is 10.7. The fraction of sp³-hybridized carbons (Fsp3) is 0.294. The van der Waals surface area contributed by atoms with Crippen molar-refractivity contribution < 1.29 is 14.3 Å². The number of aromatic nitrogens is 1. The lowest BCUT2D eigenvalue weighted by molar-refractivity contribution is 0.112. The van der Waals surface area contributed by atoms with Crippen molar-refractivity contribution in [1.82, 2.24) is 4.57 Å². The van der Waals surface area contributed by atoms with Gasteiger partial charge in [0.05, 0.1) is 25.5 Å². The molecule has 1 fully saturated rings. The lowest BCUT2D eigenvalue weighted by Gasteiger charge is -2.16. The van der Waals surface area contributed by atoms with Gasteiger partial charge in [-0.25, -0.2) is 0 Å². The van der Waals surface area contributed by atoms with E-state index in [9.17, 15) is 9.59 Å². The summed E-state index contributed by atoms with van der Waals surface area (Å²) in [5, 5.41) is 0. The Balaban J connectivity index is 2.26. The molecule has 0 bridgehead atoms. The van der Waals surface area contributed by atoms with E-state index < -0.39 is 0 Å². The Hall–Kier alpha value is -2.56. The SMILES string of the molecule is COc1ccc(OC)c(-c2ccc(C=O)c(=O)n2C2CC2)c1. The van der Waals surface area contributed by atoms with Crippen molar-refractivity contribution in [3.05, 3.63) is 46.2 Å². The molecule has 0 radical (unpaired) electrons. The standard InChI is InChI=1S/C17H17NO4/c1-21-13-6-8-16(22-2)14(9-13)15-7-3-11(10-19)17(20)18(15)12-4-5-12/h3,6-10,12H,4-5H2,1-2H3. The molecular weight excluding hydrogens is 282 g/mol. The molecule has 0 spiro atoms. The second-order valence-electron chi connectivity index (χ2n) is 5.26. The van der Waals surface area contributed by atoms with Gasteiger partial charge in [-0.05, 0) is 43.2 Å². The average Bonchev–Trinajstić information content (AvgIpc) is 3.38. The molecule has 1 heterocycles. The van der Waals surface area contributed by atoms with Crippen LogP contribution in [-0.4, -0.2) is 25.1 Å². The molecule has 0 atom stereocenters. The van der Waals surface area contributed by atoms with E-state index >= 15 is 0 Å². The van der Waals surface area contributed by atoms with E-state index in [1.54, 1.807) is 30.9 Å². The normalized spacial score (nSPS) is 13.7. The predicted octanol–water partition coefficient (Wildman–Crippen LogP) is 2.68. The lowest BCUT2D eigenvalue weighted by Crippen LogP contribution is -2.24. The summed E-state index contributed by atoms with van der Waals surface area (Å²) in [6.07, 6.45) is 2.50. The van der Waals surface area contributed by atoms with Crippen LogP contribution in [0.1, 0.15) is 29.2 Å². The van der Waals surface area contributed by atoms with Gasteiger partial charge in [-0.1, -0.05) is 0 Å². The quantitative estimate of drug-likeness (QED) is 0.796. The number of rotatable bonds is 5. The van der Waals surface area contributed by atoms with Gasteiger partial charge in [0, 0.05) is 11.6 Å². The zero-order valence-corrected chi connectivity index (χ0v) is 12.5. The molecule has 0 N–H and O–H groups in total. The van der Waals surface area contributed by atoms with Crippen LogP contribution in [0.3, 0.4) is 0 Å². The number of aldehydes is 1. The maximum atomic E-state index is 12.5. The molecule has 0 saturated heterocycles. The predicted molar refractivity (Wildman–Crippen MR) is 82.9 cm³/mol. The summed E-state index contributed by atoms with van der Waals surface area (Å²) in [6.45, 7) is 0. The van der Waals surface area contributed by atoms with Gasteiger partial charge in [-0.2, -0.15) is 0 Å². The molecule has 5 heteroatoms. The van der Waals surface area contributed by atoms with Crippen LogP contribution in [0.2, 0.25) is 0 Å². The molecule has 1 aliphatic carbocycles. The second-order valence-corrected chi connectivity index (χ2v) is 5.26. The third-order valence-corrected chi connectivity index (χ3v) is 3.87. The van der Waals surface area contributed by atoms with Gasteiger partial charge in [-0.15, -0.1) is 0 Å². The Kier molecular flexibility index (Phi) is 3.71. The topological polar surface area (TPSA) is 57.5 Å². The summed E-state index contributed by atoms with van der Waals surface area (Å²) in [5.74, 6) is 1.35. The van der Waals surface area contributed by atoms with E-state index in [-0.39, 0.29) is 17.2 Å². The minimum atomic E-state index is -0.250. The molecule has 3 rings (SSSR count). The second kappa shape index (κ2) is 5.67. The molecule has 1 saturated carbocycles. The van der Waals surface area contributed by atoms with Crippen LogP contribution >= 0.6 is 0 Å². The highest BCUT2D eigenvalue weighted by molar-refractivity contribution is 5.77. The van der Waals surface area contributed by atoms with Crippen LogP contribution in [0.5, 0.6) is 11.5 Å². The highest BCUT2D eigenvalue weighted by Crippen LogP contribution is 2.40. The lowest BCUT2D eigenvalue weighted by atomic mass is 10.1. The molecule has 1 aliphatic rings. The van der Waals surface area contributed by atoms with Crippen molar-refractivity contribution in [2.45, 2.75) is 18.9 Å². The van der Waals surface area contributed by atoms with Crippen molar-refractivity contribution >= 4 is 6.29 Å². The monoisotopic (exact) mass is 299 g/mol. The van der Waals surface area contributed by atoms with E-state index in [4.69, 9.17) is 9.47 Å². The summed E-state index contributed by atoms with van der Waals surface area (Å²) in [4.78, 5) is 23.5. The van der Waals surface area contributed by atoms with E-state index in [0.717, 1.165) is 24.1 Å². The first kappa shape index (κ1) is 14.4. The van der Waals surface area contributed by atoms with Crippen molar-refractivity contribution in [1.29, 1.82) is 0 Å². The molecule has 0 amide bonds. The fourth-order valence-corrected chi connectivity index (χ4v) is 2.59. The molecule has 114 valence electrons. The Bertz CT molecular complexity index is 775. The molecule has 0 aliphatic heterocycles. The minimum absolute atomic E-state index is 0.151. The first-order valence-electron chi connectivity index (χ1n) is 7.12. The van der Waals surface area contributed by atoms with Crippen molar-refractivity contribution in [3.8, 4) is 22.8 Å². The Morgan fingerprint density at radius 3 is 2.50 bits per heavy atom. The van der Waals surface area contributed by atoms with Crippen LogP contribution < -0.4 is 15.0 Å². The summed E-state index contributed by atoms with van der Waals surface area (Å²) < 4.78 is 12.4. The molecular formula is C17H17NO4. The molecule has 0 unspecified atom stereocenters. The maximum Gasteiger partial charge on any atom is 0.261 e. The van der Waals surface area contributed by atoms with Crippen LogP contribution in [0.4, 0.5) is 0 Å². The molecule has 2 aromatic rings. The number of hydrogen-bond acceptors (Lipinski definition) is 4. The highest BCUT2D eigenvalue weighted by atomic mass is 16.5. The Labute approximate surface area is 128 Å². The van der Waals surface area contributed by atoms with Gasteiger partial charge in [0.2, 0.25) is 0 Å². The fourth-order valence-electron chi connectivity index (χ4n) is 2.59. The summed E-state index contributed by atoms with van der Waals surface area (Å²) in [7, 11) is 3.18. The van der Waals surface area contributed by atoms with Gasteiger partial charge < -0.3 is 14.0 Å². The number of nitrogens with zero attached hydrogens (tertiary/aromatic N) is 1. The Morgan fingerprint density at radius 1 is 1.14 bits per heavy atom. The molecule has 1 aromatic carbocycles. The van der Waals surface area contributed by atoms with E-state index in [0.29, 0.717) is 17.8 Å². The van der Waals surface area contributed by atoms with E-state index in [1.807, 2.05) is 18.2 Å². The number of hydrogen-bond donors (Lipinski definition) is 0. The van der Waals surface area contributed by atoms with Gasteiger partial charge >= 0.3 is 0 Å². The van der Waals surface area contributed by atoms with Crippen molar-refractivity contribution in [2.75, 3.05) is 14.2 Å². The van der Waals surface area contributed by atoms with Crippen LogP contribution in [0.25, 0.3) is 11.3 Å². The number of methoxy groups -OCH3 is 2. The third-order valence-electron chi connectivity index (χ3n) is 3.87. The maximum absolute atomic E-state index is 12.5. The largest absolute Gasteiger partial charge is 0.497 e. The third kappa shape index (κ3) is 2.39. The molecule has 1 aromatic heterocycles. The van der Waals surface area contributed by atoms with E-state index in [1.165, 1.54) is 0 Å². The highest BCUT2D eigenvalue weighted by Gasteiger charge is 2.28. The van der Waals surface area contributed by atoms with Gasteiger partial charge in [0.1, 0.15) is 11.5 Å².